The predicted molar refractivity (Wildman–Crippen MR) is 85.6 cm³/mol. The predicted octanol–water partition coefficient (Wildman–Crippen LogP) is 4.47. The van der Waals surface area contributed by atoms with Crippen molar-refractivity contribution < 1.29 is 9.47 Å². The number of nitrogens with one attached hydrogen (secondary N) is 1. The minimum absolute atomic E-state index is 0.675. The van der Waals surface area contributed by atoms with Crippen molar-refractivity contribution >= 4 is 21.6 Å². The molecule has 3 nitrogen and oxygen atoms in total. The smallest absolute Gasteiger partial charge is 0.133 e. The van der Waals surface area contributed by atoms with Crippen molar-refractivity contribution in [1.82, 2.24) is 0 Å². The summed E-state index contributed by atoms with van der Waals surface area (Å²) in [6.07, 6.45) is 0. The van der Waals surface area contributed by atoms with E-state index >= 15 is 0 Å². The number of ether oxygens (including phenoxy) is 2. The molecular formula is C16H18BrNO2. The topological polar surface area (TPSA) is 30.5 Å². The molecule has 0 saturated carbocycles. The molecule has 0 bridgehead atoms. The Bertz CT molecular complexity index is 572. The van der Waals surface area contributed by atoms with Crippen molar-refractivity contribution in [2.24, 2.45) is 0 Å². The second kappa shape index (κ2) is 7.20. The van der Waals surface area contributed by atoms with E-state index in [1.807, 2.05) is 43.3 Å². The molecule has 106 valence electrons. The maximum absolute atomic E-state index is 5.48. The molecule has 0 heterocycles. The summed E-state index contributed by atoms with van der Waals surface area (Å²) < 4.78 is 11.7. The Morgan fingerprint density at radius 1 is 1.15 bits per heavy atom. The molecule has 0 aliphatic heterocycles. The number of rotatable bonds is 6. The van der Waals surface area contributed by atoms with Crippen molar-refractivity contribution in [1.29, 1.82) is 0 Å². The fourth-order valence-corrected chi connectivity index (χ4v) is 2.47. The van der Waals surface area contributed by atoms with Crippen molar-refractivity contribution in [2.45, 2.75) is 13.5 Å². The summed E-state index contributed by atoms with van der Waals surface area (Å²) in [4.78, 5) is 0. The van der Waals surface area contributed by atoms with Crippen LogP contribution in [0.4, 0.5) is 5.69 Å². The number of methoxy groups -OCH3 is 1. The van der Waals surface area contributed by atoms with Crippen molar-refractivity contribution in [3.63, 3.8) is 0 Å². The van der Waals surface area contributed by atoms with Crippen LogP contribution in [0.3, 0.4) is 0 Å². The van der Waals surface area contributed by atoms with Crippen molar-refractivity contribution in [3.05, 3.63) is 52.5 Å². The van der Waals surface area contributed by atoms with Gasteiger partial charge in [-0.3, -0.25) is 0 Å². The van der Waals surface area contributed by atoms with Gasteiger partial charge in [0.25, 0.3) is 0 Å². The average Bonchev–Trinajstić information content (AvgIpc) is 2.46. The van der Waals surface area contributed by atoms with E-state index < -0.39 is 0 Å². The highest BCUT2D eigenvalue weighted by atomic mass is 79.9. The van der Waals surface area contributed by atoms with Gasteiger partial charge < -0.3 is 14.8 Å². The Kier molecular flexibility index (Phi) is 5.30. The Balaban J connectivity index is 2.01. The highest BCUT2D eigenvalue weighted by molar-refractivity contribution is 9.10. The van der Waals surface area contributed by atoms with Crippen LogP contribution >= 0.6 is 15.9 Å². The third-order valence-electron chi connectivity index (χ3n) is 2.86. The number of anilines is 1. The molecule has 0 unspecified atom stereocenters. The Morgan fingerprint density at radius 2 is 2.00 bits per heavy atom. The first-order valence-corrected chi connectivity index (χ1v) is 7.31. The summed E-state index contributed by atoms with van der Waals surface area (Å²) in [7, 11) is 1.66. The normalized spacial score (nSPS) is 10.2. The minimum atomic E-state index is 0.675. The van der Waals surface area contributed by atoms with E-state index in [1.54, 1.807) is 7.11 Å². The number of hydrogen-bond acceptors (Lipinski definition) is 3. The lowest BCUT2D eigenvalue weighted by atomic mass is 10.2. The van der Waals surface area contributed by atoms with E-state index in [9.17, 15) is 0 Å². The SMILES string of the molecule is CCOc1cccc(NCc2ccc(OC)c(Br)c2)c1. The fourth-order valence-electron chi connectivity index (χ4n) is 1.89. The minimum Gasteiger partial charge on any atom is -0.496 e. The summed E-state index contributed by atoms with van der Waals surface area (Å²) in [6.45, 7) is 3.40. The molecule has 0 atom stereocenters. The molecule has 2 aromatic rings. The van der Waals surface area contributed by atoms with E-state index in [-0.39, 0.29) is 0 Å². The van der Waals surface area contributed by atoms with Crippen LogP contribution < -0.4 is 14.8 Å². The number of halogens is 1. The molecule has 2 rings (SSSR count). The largest absolute Gasteiger partial charge is 0.496 e. The molecular weight excluding hydrogens is 318 g/mol. The molecule has 2 aromatic carbocycles. The molecule has 0 aliphatic rings. The molecule has 20 heavy (non-hydrogen) atoms. The zero-order valence-electron chi connectivity index (χ0n) is 11.7. The summed E-state index contributed by atoms with van der Waals surface area (Å²) in [5.41, 5.74) is 2.22. The van der Waals surface area contributed by atoms with Gasteiger partial charge in [-0.25, -0.2) is 0 Å². The van der Waals surface area contributed by atoms with E-state index in [0.717, 1.165) is 28.2 Å². The fraction of sp³-hybridized carbons (Fsp3) is 0.250. The van der Waals surface area contributed by atoms with Crippen LogP contribution in [0, 0.1) is 0 Å². The van der Waals surface area contributed by atoms with Gasteiger partial charge >= 0.3 is 0 Å². The van der Waals surface area contributed by atoms with Gasteiger partial charge in [-0.05, 0) is 52.7 Å². The van der Waals surface area contributed by atoms with Gasteiger partial charge in [0.05, 0.1) is 18.2 Å². The van der Waals surface area contributed by atoms with Gasteiger partial charge in [0.2, 0.25) is 0 Å². The lowest BCUT2D eigenvalue weighted by Crippen LogP contribution is -2.00. The lowest BCUT2D eigenvalue weighted by molar-refractivity contribution is 0.340. The first-order chi connectivity index (χ1) is 9.72. The standard InChI is InChI=1S/C16H18BrNO2/c1-3-20-14-6-4-5-13(10-14)18-11-12-7-8-16(19-2)15(17)9-12/h4-10,18H,3,11H2,1-2H3. The van der Waals surface area contributed by atoms with Gasteiger partial charge in [-0.15, -0.1) is 0 Å². The first-order valence-electron chi connectivity index (χ1n) is 6.52. The molecule has 0 aromatic heterocycles. The molecule has 4 heteroatoms. The van der Waals surface area contributed by atoms with E-state index in [0.29, 0.717) is 6.61 Å². The summed E-state index contributed by atoms with van der Waals surface area (Å²) in [6, 6.07) is 14.0. The summed E-state index contributed by atoms with van der Waals surface area (Å²) in [5.74, 6) is 1.72. The van der Waals surface area contributed by atoms with Crippen LogP contribution in [-0.2, 0) is 6.54 Å². The Hall–Kier alpha value is -1.68. The second-order valence-corrected chi connectivity index (χ2v) is 5.14. The molecule has 0 spiro atoms. The maximum Gasteiger partial charge on any atom is 0.133 e. The van der Waals surface area contributed by atoms with Crippen molar-refractivity contribution in [2.75, 3.05) is 19.0 Å². The monoisotopic (exact) mass is 335 g/mol. The molecule has 0 saturated heterocycles. The molecule has 0 aliphatic carbocycles. The van der Waals surface area contributed by atoms with Crippen LogP contribution in [0.15, 0.2) is 46.9 Å². The second-order valence-electron chi connectivity index (χ2n) is 4.28. The zero-order valence-corrected chi connectivity index (χ0v) is 13.2. The average molecular weight is 336 g/mol. The van der Waals surface area contributed by atoms with E-state index in [2.05, 4.69) is 27.3 Å². The Morgan fingerprint density at radius 3 is 2.70 bits per heavy atom. The van der Waals surface area contributed by atoms with Crippen molar-refractivity contribution in [3.8, 4) is 11.5 Å². The first kappa shape index (κ1) is 14.7. The van der Waals surface area contributed by atoms with Crippen LogP contribution in [0.5, 0.6) is 11.5 Å². The van der Waals surface area contributed by atoms with E-state index in [1.165, 1.54) is 5.56 Å². The van der Waals surface area contributed by atoms with Gasteiger partial charge in [0.1, 0.15) is 11.5 Å². The number of benzene rings is 2. The van der Waals surface area contributed by atoms with E-state index in [4.69, 9.17) is 9.47 Å². The van der Waals surface area contributed by atoms with Crippen LogP contribution in [-0.4, -0.2) is 13.7 Å². The van der Waals surface area contributed by atoms with Gasteiger partial charge in [-0.2, -0.15) is 0 Å². The van der Waals surface area contributed by atoms with Crippen LogP contribution in [0.25, 0.3) is 0 Å². The molecule has 0 fully saturated rings. The summed E-state index contributed by atoms with van der Waals surface area (Å²) in [5, 5.41) is 3.38. The summed E-state index contributed by atoms with van der Waals surface area (Å²) >= 11 is 3.49. The molecule has 0 amide bonds. The Labute approximate surface area is 128 Å². The highest BCUT2D eigenvalue weighted by Crippen LogP contribution is 2.26. The molecule has 0 radical (unpaired) electrons. The third-order valence-corrected chi connectivity index (χ3v) is 3.48. The van der Waals surface area contributed by atoms with Crippen LogP contribution in [0.1, 0.15) is 12.5 Å². The lowest BCUT2D eigenvalue weighted by Gasteiger charge is -2.10. The van der Waals surface area contributed by atoms with Gasteiger partial charge in [-0.1, -0.05) is 12.1 Å². The maximum atomic E-state index is 5.48. The number of hydrogen-bond donors (Lipinski definition) is 1. The van der Waals surface area contributed by atoms with Crippen LogP contribution in [0.2, 0.25) is 0 Å². The van der Waals surface area contributed by atoms with Gasteiger partial charge in [0, 0.05) is 18.3 Å². The quantitative estimate of drug-likeness (QED) is 0.844. The molecule has 1 N–H and O–H groups in total. The zero-order chi connectivity index (χ0) is 14.4. The highest BCUT2D eigenvalue weighted by Gasteiger charge is 2.02. The third kappa shape index (κ3) is 3.90. The van der Waals surface area contributed by atoms with Gasteiger partial charge in [0.15, 0.2) is 0 Å².